The highest BCUT2D eigenvalue weighted by molar-refractivity contribution is 9.10. The molecule has 3 nitrogen and oxygen atoms in total. The Morgan fingerprint density at radius 2 is 2.17 bits per heavy atom. The Morgan fingerprint density at radius 1 is 1.44 bits per heavy atom. The summed E-state index contributed by atoms with van der Waals surface area (Å²) in [7, 11) is 1.89. The topological polar surface area (TPSA) is 29.9 Å². The van der Waals surface area contributed by atoms with Crippen molar-refractivity contribution in [3.63, 3.8) is 0 Å². The lowest BCUT2D eigenvalue weighted by Gasteiger charge is -2.16. The van der Waals surface area contributed by atoms with E-state index in [-0.39, 0.29) is 11.9 Å². The summed E-state index contributed by atoms with van der Waals surface area (Å²) in [6, 6.07) is 4.67. The van der Waals surface area contributed by atoms with Gasteiger partial charge in [0.2, 0.25) is 0 Å². The van der Waals surface area contributed by atoms with Gasteiger partial charge in [0.25, 0.3) is 0 Å². The second-order valence-corrected chi connectivity index (χ2v) is 5.19. The molecule has 2 rings (SSSR count). The van der Waals surface area contributed by atoms with Gasteiger partial charge in [0.1, 0.15) is 5.82 Å². The van der Waals surface area contributed by atoms with Crippen LogP contribution >= 0.6 is 15.9 Å². The van der Waals surface area contributed by atoms with E-state index in [1.54, 1.807) is 10.7 Å². The zero-order valence-electron chi connectivity index (χ0n) is 10.5. The van der Waals surface area contributed by atoms with Crippen LogP contribution in [0.1, 0.15) is 24.2 Å². The molecule has 1 aromatic carbocycles. The highest BCUT2D eigenvalue weighted by atomic mass is 79.9. The van der Waals surface area contributed by atoms with E-state index in [2.05, 4.69) is 26.3 Å². The molecule has 0 aliphatic heterocycles. The molecule has 0 fully saturated rings. The van der Waals surface area contributed by atoms with Gasteiger partial charge in [-0.15, -0.1) is 0 Å². The van der Waals surface area contributed by atoms with Crippen molar-refractivity contribution in [3.8, 4) is 0 Å². The fourth-order valence-electron chi connectivity index (χ4n) is 1.96. The molecule has 0 spiro atoms. The monoisotopic (exact) mass is 311 g/mol. The highest BCUT2D eigenvalue weighted by Gasteiger charge is 2.13. The fourth-order valence-corrected chi connectivity index (χ4v) is 2.32. The molecule has 1 N–H and O–H groups in total. The van der Waals surface area contributed by atoms with Gasteiger partial charge in [-0.25, -0.2) is 4.39 Å². The second-order valence-electron chi connectivity index (χ2n) is 4.33. The molecule has 0 aliphatic rings. The molecular formula is C13H15BrFN3. The zero-order valence-corrected chi connectivity index (χ0v) is 12.1. The van der Waals surface area contributed by atoms with Gasteiger partial charge in [0.15, 0.2) is 0 Å². The summed E-state index contributed by atoms with van der Waals surface area (Å²) in [4.78, 5) is 0. The van der Waals surface area contributed by atoms with Gasteiger partial charge in [-0.3, -0.25) is 4.68 Å². The van der Waals surface area contributed by atoms with Crippen LogP contribution < -0.4 is 5.32 Å². The predicted octanol–water partition coefficient (Wildman–Crippen LogP) is 3.80. The minimum absolute atomic E-state index is 0.0665. The third-order valence-corrected chi connectivity index (χ3v) is 3.51. The summed E-state index contributed by atoms with van der Waals surface area (Å²) in [5, 5.41) is 7.59. The molecule has 0 aliphatic carbocycles. The normalized spacial score (nSPS) is 12.5. The van der Waals surface area contributed by atoms with E-state index in [0.29, 0.717) is 0 Å². The molecular weight excluding hydrogens is 297 g/mol. The number of aryl methyl sites for hydroxylation is 2. The molecule has 0 saturated carbocycles. The number of halogens is 2. The van der Waals surface area contributed by atoms with Crippen molar-refractivity contribution in [2.75, 3.05) is 5.32 Å². The second kappa shape index (κ2) is 5.10. The molecule has 0 amide bonds. The van der Waals surface area contributed by atoms with Gasteiger partial charge < -0.3 is 5.32 Å². The molecule has 0 bridgehead atoms. The van der Waals surface area contributed by atoms with Crippen LogP contribution in [0, 0.1) is 12.7 Å². The van der Waals surface area contributed by atoms with Crippen LogP contribution in [0.5, 0.6) is 0 Å². The largest absolute Gasteiger partial charge is 0.377 e. The Balaban J connectivity index is 2.23. The Kier molecular flexibility index (Phi) is 3.71. The molecule has 1 unspecified atom stereocenters. The van der Waals surface area contributed by atoms with Crippen LogP contribution in [0.3, 0.4) is 0 Å². The molecule has 5 heteroatoms. The third-order valence-electron chi connectivity index (χ3n) is 2.82. The quantitative estimate of drug-likeness (QED) is 0.934. The third kappa shape index (κ3) is 2.72. The van der Waals surface area contributed by atoms with Crippen molar-refractivity contribution < 1.29 is 4.39 Å². The van der Waals surface area contributed by atoms with Gasteiger partial charge in [-0.05, 0) is 48.0 Å². The average Bonchev–Trinajstić information content (AvgIpc) is 2.63. The summed E-state index contributed by atoms with van der Waals surface area (Å²) in [6.45, 7) is 4.00. The molecule has 1 atom stereocenters. The predicted molar refractivity (Wildman–Crippen MR) is 74.1 cm³/mol. The Labute approximate surface area is 114 Å². The van der Waals surface area contributed by atoms with E-state index in [1.165, 1.54) is 12.1 Å². The number of benzene rings is 1. The van der Waals surface area contributed by atoms with Crippen LogP contribution in [0.15, 0.2) is 28.9 Å². The Hall–Kier alpha value is -1.36. The number of rotatable bonds is 3. The minimum Gasteiger partial charge on any atom is -0.377 e. The summed E-state index contributed by atoms with van der Waals surface area (Å²) in [6.07, 6.45) is 1.97. The first kappa shape index (κ1) is 13.1. The Bertz CT molecular complexity index is 565. The molecule has 18 heavy (non-hydrogen) atoms. The minimum atomic E-state index is -0.254. The zero-order chi connectivity index (χ0) is 13.3. The van der Waals surface area contributed by atoms with Gasteiger partial charge in [-0.2, -0.15) is 5.10 Å². The van der Waals surface area contributed by atoms with E-state index < -0.39 is 0 Å². The summed E-state index contributed by atoms with van der Waals surface area (Å²) in [5.74, 6) is -0.254. The van der Waals surface area contributed by atoms with Crippen molar-refractivity contribution in [2.45, 2.75) is 19.9 Å². The number of anilines is 1. The van der Waals surface area contributed by atoms with Gasteiger partial charge >= 0.3 is 0 Å². The first-order valence-electron chi connectivity index (χ1n) is 5.69. The van der Waals surface area contributed by atoms with Crippen LogP contribution in [-0.4, -0.2) is 9.78 Å². The maximum atomic E-state index is 13.2. The molecule has 1 heterocycles. The lowest BCUT2D eigenvalue weighted by Crippen LogP contribution is -2.07. The van der Waals surface area contributed by atoms with Gasteiger partial charge in [-0.1, -0.05) is 0 Å². The molecule has 1 aromatic heterocycles. The standard InChI is InChI=1S/C13H15BrFN3/c1-8(11-7-18(3)17-9(11)2)16-13-6-10(15)4-5-12(13)14/h4-8,16H,1-3H3. The van der Waals surface area contributed by atoms with Gasteiger partial charge in [0.05, 0.1) is 17.4 Å². The number of nitrogens with one attached hydrogen (secondary N) is 1. The number of aromatic nitrogens is 2. The smallest absolute Gasteiger partial charge is 0.125 e. The summed E-state index contributed by atoms with van der Waals surface area (Å²) < 4.78 is 15.8. The van der Waals surface area contributed by atoms with E-state index in [4.69, 9.17) is 0 Å². The Morgan fingerprint density at radius 3 is 2.78 bits per heavy atom. The fraction of sp³-hybridized carbons (Fsp3) is 0.308. The summed E-state index contributed by atoms with van der Waals surface area (Å²) >= 11 is 3.41. The van der Waals surface area contributed by atoms with Crippen molar-refractivity contribution in [1.29, 1.82) is 0 Å². The van der Waals surface area contributed by atoms with Crippen LogP contribution in [-0.2, 0) is 7.05 Å². The lowest BCUT2D eigenvalue weighted by molar-refractivity contribution is 0.627. The first-order valence-corrected chi connectivity index (χ1v) is 6.48. The van der Waals surface area contributed by atoms with Crippen molar-refractivity contribution in [2.24, 2.45) is 7.05 Å². The van der Waals surface area contributed by atoms with Crippen LogP contribution in [0.25, 0.3) is 0 Å². The van der Waals surface area contributed by atoms with Crippen LogP contribution in [0.4, 0.5) is 10.1 Å². The summed E-state index contributed by atoms with van der Waals surface area (Å²) in [5.41, 5.74) is 2.82. The number of nitrogens with zero attached hydrogens (tertiary/aromatic N) is 2. The maximum absolute atomic E-state index is 13.2. The molecule has 2 aromatic rings. The molecule has 0 saturated heterocycles. The van der Waals surface area contributed by atoms with E-state index in [9.17, 15) is 4.39 Å². The number of hydrogen-bond donors (Lipinski definition) is 1. The number of hydrogen-bond acceptors (Lipinski definition) is 2. The van der Waals surface area contributed by atoms with Crippen molar-refractivity contribution >= 4 is 21.6 Å². The SMILES string of the molecule is Cc1nn(C)cc1C(C)Nc1cc(F)ccc1Br. The molecule has 0 radical (unpaired) electrons. The molecule has 96 valence electrons. The highest BCUT2D eigenvalue weighted by Crippen LogP contribution is 2.28. The van der Waals surface area contributed by atoms with Crippen molar-refractivity contribution in [3.05, 3.63) is 45.9 Å². The average molecular weight is 312 g/mol. The lowest BCUT2D eigenvalue weighted by atomic mass is 10.1. The maximum Gasteiger partial charge on any atom is 0.125 e. The first-order chi connectivity index (χ1) is 8.47. The van der Waals surface area contributed by atoms with E-state index in [1.807, 2.05) is 27.1 Å². The van der Waals surface area contributed by atoms with Crippen molar-refractivity contribution in [1.82, 2.24) is 9.78 Å². The van der Waals surface area contributed by atoms with E-state index in [0.717, 1.165) is 21.4 Å². The van der Waals surface area contributed by atoms with Gasteiger partial charge in [0, 0.05) is 23.3 Å². The van der Waals surface area contributed by atoms with E-state index >= 15 is 0 Å². The van der Waals surface area contributed by atoms with Crippen LogP contribution in [0.2, 0.25) is 0 Å².